The van der Waals surface area contributed by atoms with E-state index in [0.29, 0.717) is 12.2 Å². The molecule has 23 heavy (non-hydrogen) atoms. The lowest BCUT2D eigenvalue weighted by atomic mass is 10.3. The second-order valence-electron chi connectivity index (χ2n) is 4.54. The van der Waals surface area contributed by atoms with E-state index in [1.807, 2.05) is 0 Å². The molecule has 1 heterocycles. The molecule has 4 N–H and O–H groups in total. The lowest BCUT2D eigenvalue weighted by Crippen LogP contribution is -2.18. The van der Waals surface area contributed by atoms with Crippen LogP contribution in [0.15, 0.2) is 38.9 Å². The number of hydrogen-bond donors (Lipinski definition) is 3. The van der Waals surface area contributed by atoms with E-state index in [9.17, 15) is 18.3 Å². The van der Waals surface area contributed by atoms with Crippen molar-refractivity contribution in [2.45, 2.75) is 18.4 Å². The summed E-state index contributed by atoms with van der Waals surface area (Å²) in [6, 6.07) is 5.45. The third kappa shape index (κ3) is 3.73. The van der Waals surface area contributed by atoms with Crippen molar-refractivity contribution in [1.29, 1.82) is 0 Å². The average molecular weight is 354 g/mol. The number of aromatic amines is 1. The van der Waals surface area contributed by atoms with Gasteiger partial charge in [-0.1, -0.05) is 0 Å². The van der Waals surface area contributed by atoms with Crippen LogP contribution in [0.3, 0.4) is 0 Å². The normalized spacial score (nSPS) is 11.9. The molecule has 1 aromatic carbocycles. The zero-order valence-corrected chi connectivity index (χ0v) is 13.7. The molecular weight excluding hydrogens is 340 g/mol. The van der Waals surface area contributed by atoms with E-state index in [1.165, 1.54) is 35.0 Å². The van der Waals surface area contributed by atoms with Crippen LogP contribution < -0.4 is 10.7 Å². The van der Waals surface area contributed by atoms with Gasteiger partial charge in [-0.2, -0.15) is 0 Å². The summed E-state index contributed by atoms with van der Waals surface area (Å²) in [6.45, 7) is 2.14. The van der Waals surface area contributed by atoms with Gasteiger partial charge >= 0.3 is 0 Å². The highest BCUT2D eigenvalue weighted by Crippen LogP contribution is 2.17. The fourth-order valence-electron chi connectivity index (χ4n) is 1.85. The van der Waals surface area contributed by atoms with E-state index in [-0.39, 0.29) is 21.1 Å². The molecule has 10 heteroatoms. The van der Waals surface area contributed by atoms with Gasteiger partial charge in [0.05, 0.1) is 10.6 Å². The van der Waals surface area contributed by atoms with Crippen molar-refractivity contribution in [2.75, 3.05) is 0 Å². The van der Waals surface area contributed by atoms with Gasteiger partial charge in [0.15, 0.2) is 4.77 Å². The summed E-state index contributed by atoms with van der Waals surface area (Å²) < 4.78 is 23.8. The highest BCUT2D eigenvalue weighted by Gasteiger charge is 2.10. The first-order chi connectivity index (χ1) is 10.7. The first kappa shape index (κ1) is 17.1. The molecule has 0 saturated heterocycles. The summed E-state index contributed by atoms with van der Waals surface area (Å²) in [5.74, 6) is -0.286. The number of aliphatic imine (C=N–C) groups is 1. The quantitative estimate of drug-likeness (QED) is 0.557. The molecule has 0 atom stereocenters. The minimum Gasteiger partial charge on any atom is -0.494 e. The zero-order valence-electron chi connectivity index (χ0n) is 12.1. The summed E-state index contributed by atoms with van der Waals surface area (Å²) >= 11 is 4.95. The summed E-state index contributed by atoms with van der Waals surface area (Å²) in [7, 11) is -3.78. The maximum atomic E-state index is 11.9. The second-order valence-corrected chi connectivity index (χ2v) is 6.49. The van der Waals surface area contributed by atoms with Gasteiger partial charge in [-0.15, -0.1) is 0 Å². The van der Waals surface area contributed by atoms with Crippen molar-refractivity contribution in [1.82, 2.24) is 9.55 Å². The molecule has 8 nitrogen and oxygen atoms in total. The van der Waals surface area contributed by atoms with Crippen LogP contribution in [-0.2, 0) is 16.6 Å². The Morgan fingerprint density at radius 2 is 2.00 bits per heavy atom. The van der Waals surface area contributed by atoms with Crippen molar-refractivity contribution in [3.8, 4) is 5.88 Å². The number of hydrogen-bond acceptors (Lipinski definition) is 6. The van der Waals surface area contributed by atoms with Gasteiger partial charge in [-0.3, -0.25) is 19.3 Å². The molecule has 0 aliphatic carbocycles. The van der Waals surface area contributed by atoms with Crippen LogP contribution in [0.1, 0.15) is 12.5 Å². The van der Waals surface area contributed by atoms with Gasteiger partial charge in [0.25, 0.3) is 5.56 Å². The van der Waals surface area contributed by atoms with Crippen molar-refractivity contribution in [3.05, 3.63) is 45.0 Å². The van der Waals surface area contributed by atoms with Crippen molar-refractivity contribution >= 4 is 34.1 Å². The van der Waals surface area contributed by atoms with Crippen molar-refractivity contribution < 1.29 is 13.5 Å². The van der Waals surface area contributed by atoms with Gasteiger partial charge in [0.2, 0.25) is 15.9 Å². The second kappa shape index (κ2) is 6.44. The Kier molecular flexibility index (Phi) is 4.78. The van der Waals surface area contributed by atoms with Crippen LogP contribution in [0.4, 0.5) is 5.69 Å². The van der Waals surface area contributed by atoms with Gasteiger partial charge in [-0.25, -0.2) is 13.6 Å². The first-order valence-corrected chi connectivity index (χ1v) is 8.42. The molecule has 2 rings (SSSR count). The molecule has 0 fully saturated rings. The maximum absolute atomic E-state index is 11.9. The molecule has 0 radical (unpaired) electrons. The summed E-state index contributed by atoms with van der Waals surface area (Å²) in [6.07, 6.45) is 1.18. The summed E-state index contributed by atoms with van der Waals surface area (Å²) in [5, 5.41) is 15.1. The molecule has 0 spiro atoms. The topological polar surface area (TPSA) is 131 Å². The van der Waals surface area contributed by atoms with E-state index in [0.717, 1.165) is 0 Å². The maximum Gasteiger partial charge on any atom is 0.264 e. The fraction of sp³-hybridized carbons (Fsp3) is 0.154. The monoisotopic (exact) mass is 354 g/mol. The van der Waals surface area contributed by atoms with Gasteiger partial charge in [0, 0.05) is 12.8 Å². The molecule has 0 aliphatic heterocycles. The Morgan fingerprint density at radius 1 is 1.39 bits per heavy atom. The average Bonchev–Trinajstić information content (AvgIpc) is 2.46. The molecule has 122 valence electrons. The van der Waals surface area contributed by atoms with Crippen LogP contribution >= 0.6 is 12.2 Å². The largest absolute Gasteiger partial charge is 0.494 e. The van der Waals surface area contributed by atoms with E-state index < -0.39 is 15.6 Å². The van der Waals surface area contributed by atoms with Crippen molar-refractivity contribution in [2.24, 2.45) is 10.1 Å². The number of H-pyrrole nitrogens is 1. The third-order valence-corrected chi connectivity index (χ3v) is 4.28. The molecule has 0 amide bonds. The molecule has 0 bridgehead atoms. The SMILES string of the molecule is CCn1c(O)c(C=Nc2ccc(S(N)(=O)=O)cc2)c(=O)[nH]c1=S. The molecule has 0 unspecified atom stereocenters. The van der Waals surface area contributed by atoms with Crippen LogP contribution in [0.2, 0.25) is 0 Å². The lowest BCUT2D eigenvalue weighted by molar-refractivity contribution is 0.408. The summed E-state index contributed by atoms with van der Waals surface area (Å²) in [4.78, 5) is 18.3. The Morgan fingerprint density at radius 3 is 2.52 bits per heavy atom. The number of aromatic hydroxyl groups is 1. The number of nitrogens with one attached hydrogen (secondary N) is 1. The van der Waals surface area contributed by atoms with Gasteiger partial charge in [0.1, 0.15) is 5.56 Å². The number of rotatable bonds is 4. The number of primary sulfonamides is 1. The number of nitrogens with zero attached hydrogens (tertiary/aromatic N) is 2. The number of nitrogens with two attached hydrogens (primary N) is 1. The number of sulfonamides is 1. The van der Waals surface area contributed by atoms with E-state index in [2.05, 4.69) is 9.98 Å². The number of aromatic nitrogens is 2. The van der Waals surface area contributed by atoms with Crippen LogP contribution in [-0.4, -0.2) is 29.3 Å². The molecule has 0 aliphatic rings. The van der Waals surface area contributed by atoms with Crippen molar-refractivity contribution in [3.63, 3.8) is 0 Å². The first-order valence-electron chi connectivity index (χ1n) is 6.47. The molecular formula is C13H14N4O4S2. The standard InChI is InChI=1S/C13H14N4O4S2/c1-2-17-12(19)10(11(18)16-13(17)22)7-15-8-3-5-9(6-4-8)23(14,20)21/h3-7,19H,2H2,1H3,(H2,14,20,21)(H,16,18,22). The molecule has 2 aromatic rings. The van der Waals surface area contributed by atoms with Crippen LogP contribution in [0.25, 0.3) is 0 Å². The highest BCUT2D eigenvalue weighted by molar-refractivity contribution is 7.89. The summed E-state index contributed by atoms with van der Waals surface area (Å²) in [5.41, 5.74) is -0.222. The number of benzene rings is 1. The van der Waals surface area contributed by atoms with Gasteiger partial charge in [-0.05, 0) is 43.4 Å². The predicted molar refractivity (Wildman–Crippen MR) is 88.3 cm³/mol. The third-order valence-electron chi connectivity index (χ3n) is 3.03. The van der Waals surface area contributed by atoms with E-state index in [1.54, 1.807) is 6.92 Å². The minimum atomic E-state index is -3.78. The van der Waals surface area contributed by atoms with E-state index >= 15 is 0 Å². The molecule has 1 aromatic heterocycles. The fourth-order valence-corrected chi connectivity index (χ4v) is 2.67. The zero-order chi connectivity index (χ0) is 17.2. The van der Waals surface area contributed by atoms with Crippen LogP contribution in [0, 0.1) is 4.77 Å². The smallest absolute Gasteiger partial charge is 0.264 e. The Hall–Kier alpha value is -2.30. The van der Waals surface area contributed by atoms with E-state index in [4.69, 9.17) is 17.4 Å². The highest BCUT2D eigenvalue weighted by atomic mass is 32.2. The molecule has 0 saturated carbocycles. The minimum absolute atomic E-state index is 0.0450. The Balaban J connectivity index is 2.42. The Bertz CT molecular complexity index is 973. The lowest BCUT2D eigenvalue weighted by Gasteiger charge is -2.07. The van der Waals surface area contributed by atoms with Gasteiger partial charge < -0.3 is 5.11 Å². The van der Waals surface area contributed by atoms with Crippen LogP contribution in [0.5, 0.6) is 5.88 Å². The predicted octanol–water partition coefficient (Wildman–Crippen LogP) is 1.03. The Labute approximate surface area is 137 Å².